The van der Waals surface area contributed by atoms with Crippen molar-refractivity contribution in [1.82, 2.24) is 4.98 Å². The molecule has 0 spiro atoms. The maximum atomic E-state index is 12.9. The highest BCUT2D eigenvalue weighted by Crippen LogP contribution is 2.01. The fourth-order valence-electron chi connectivity index (χ4n) is 1.33. The monoisotopic (exact) mass is 242 g/mol. The van der Waals surface area contributed by atoms with Crippen LogP contribution in [0.15, 0.2) is 59.0 Å². The number of pyridine rings is 1. The molecular weight excluding hydrogens is 231 g/mol. The first-order valence-electron chi connectivity index (χ1n) is 5.28. The maximum absolute atomic E-state index is 12.9. The smallest absolute Gasteiger partial charge is 0.153 e. The summed E-state index contributed by atoms with van der Waals surface area (Å²) in [5, 5.41) is 7.64. The Labute approximate surface area is 104 Å². The van der Waals surface area contributed by atoms with Crippen molar-refractivity contribution in [2.45, 2.75) is 0 Å². The normalized spacial score (nSPS) is 11.9. The lowest BCUT2D eigenvalue weighted by molar-refractivity contribution is 0.627. The van der Waals surface area contributed by atoms with Crippen LogP contribution < -0.4 is 5.73 Å². The molecule has 0 bridgehead atoms. The maximum Gasteiger partial charge on any atom is 0.153 e. The third-order valence-electron chi connectivity index (χ3n) is 2.20. The van der Waals surface area contributed by atoms with E-state index in [9.17, 15) is 4.39 Å². The molecule has 0 aliphatic rings. The summed E-state index contributed by atoms with van der Waals surface area (Å²) in [7, 11) is 0. The topological polar surface area (TPSA) is 63.6 Å². The van der Waals surface area contributed by atoms with E-state index in [1.807, 2.05) is 0 Å². The summed E-state index contributed by atoms with van der Waals surface area (Å²) >= 11 is 0. The summed E-state index contributed by atoms with van der Waals surface area (Å²) in [6.45, 7) is 0. The molecule has 0 saturated carbocycles. The Morgan fingerprint density at radius 3 is 2.72 bits per heavy atom. The summed E-state index contributed by atoms with van der Waals surface area (Å²) in [5.74, 6) is -0.0323. The van der Waals surface area contributed by atoms with Gasteiger partial charge in [-0.1, -0.05) is 12.1 Å². The van der Waals surface area contributed by atoms with Gasteiger partial charge < -0.3 is 5.73 Å². The summed E-state index contributed by atoms with van der Waals surface area (Å²) in [4.78, 5) is 3.87. The number of rotatable bonds is 3. The second-order valence-corrected chi connectivity index (χ2v) is 3.52. The van der Waals surface area contributed by atoms with Crippen molar-refractivity contribution >= 4 is 12.1 Å². The summed E-state index contributed by atoms with van der Waals surface area (Å²) in [6, 6.07) is 9.53. The average molecular weight is 242 g/mol. The van der Waals surface area contributed by atoms with Crippen molar-refractivity contribution in [3.05, 3.63) is 65.7 Å². The van der Waals surface area contributed by atoms with E-state index in [-0.39, 0.29) is 11.7 Å². The van der Waals surface area contributed by atoms with Crippen LogP contribution in [0.1, 0.15) is 11.1 Å². The minimum Gasteiger partial charge on any atom is -0.382 e. The second-order valence-electron chi connectivity index (χ2n) is 3.52. The van der Waals surface area contributed by atoms with Crippen molar-refractivity contribution < 1.29 is 4.39 Å². The molecule has 1 aromatic heterocycles. The number of hydrogen-bond donors (Lipinski definition) is 1. The van der Waals surface area contributed by atoms with E-state index in [0.717, 1.165) is 5.56 Å². The number of amidine groups is 1. The Hall–Kier alpha value is -2.56. The van der Waals surface area contributed by atoms with Crippen LogP contribution in [0.25, 0.3) is 0 Å². The van der Waals surface area contributed by atoms with E-state index in [4.69, 9.17) is 5.73 Å². The Balaban J connectivity index is 2.11. The largest absolute Gasteiger partial charge is 0.382 e. The number of nitrogens with zero attached hydrogens (tertiary/aromatic N) is 3. The number of benzene rings is 1. The molecule has 4 nitrogen and oxygen atoms in total. The summed E-state index contributed by atoms with van der Waals surface area (Å²) in [5.41, 5.74) is 7.09. The van der Waals surface area contributed by atoms with E-state index in [1.165, 1.54) is 18.3 Å². The van der Waals surface area contributed by atoms with Crippen LogP contribution >= 0.6 is 0 Å². The average Bonchev–Trinajstić information content (AvgIpc) is 2.40. The van der Waals surface area contributed by atoms with Crippen LogP contribution in [-0.4, -0.2) is 17.0 Å². The number of nitrogens with two attached hydrogens (primary N) is 1. The highest BCUT2D eigenvalue weighted by atomic mass is 19.1. The quantitative estimate of drug-likeness (QED) is 0.508. The Morgan fingerprint density at radius 2 is 2.00 bits per heavy atom. The first kappa shape index (κ1) is 11.9. The first-order valence-corrected chi connectivity index (χ1v) is 5.28. The molecule has 2 rings (SSSR count). The summed E-state index contributed by atoms with van der Waals surface area (Å²) in [6.07, 6.45) is 4.68. The van der Waals surface area contributed by atoms with Gasteiger partial charge in [0.2, 0.25) is 0 Å². The van der Waals surface area contributed by atoms with E-state index in [1.54, 1.807) is 36.7 Å². The Bertz CT molecular complexity index is 579. The predicted molar refractivity (Wildman–Crippen MR) is 69.0 cm³/mol. The van der Waals surface area contributed by atoms with Gasteiger partial charge in [-0.2, -0.15) is 5.10 Å². The van der Waals surface area contributed by atoms with Crippen molar-refractivity contribution in [1.29, 1.82) is 0 Å². The molecule has 0 fully saturated rings. The SMILES string of the molecule is N/C(=N\N=C\c1cccc(F)c1)c1ccncc1. The van der Waals surface area contributed by atoms with E-state index in [2.05, 4.69) is 15.2 Å². The number of halogens is 1. The van der Waals surface area contributed by atoms with Gasteiger partial charge in [-0.25, -0.2) is 4.39 Å². The molecule has 0 aliphatic carbocycles. The molecule has 0 saturated heterocycles. The van der Waals surface area contributed by atoms with Gasteiger partial charge in [0.25, 0.3) is 0 Å². The number of hydrogen-bond acceptors (Lipinski definition) is 3. The van der Waals surface area contributed by atoms with Crippen LogP contribution in [-0.2, 0) is 0 Å². The van der Waals surface area contributed by atoms with Gasteiger partial charge in [-0.3, -0.25) is 4.98 Å². The van der Waals surface area contributed by atoms with Gasteiger partial charge in [0.05, 0.1) is 6.21 Å². The minimum atomic E-state index is -0.315. The van der Waals surface area contributed by atoms with Crippen LogP contribution in [0.2, 0.25) is 0 Å². The van der Waals surface area contributed by atoms with Gasteiger partial charge in [0.1, 0.15) is 5.82 Å². The van der Waals surface area contributed by atoms with Crippen molar-refractivity contribution in [2.75, 3.05) is 0 Å². The molecule has 0 amide bonds. The zero-order valence-corrected chi connectivity index (χ0v) is 9.49. The van der Waals surface area contributed by atoms with Gasteiger partial charge >= 0.3 is 0 Å². The molecule has 2 N–H and O–H groups in total. The fourth-order valence-corrected chi connectivity index (χ4v) is 1.33. The third-order valence-corrected chi connectivity index (χ3v) is 2.20. The molecule has 1 heterocycles. The lowest BCUT2D eigenvalue weighted by atomic mass is 10.2. The zero-order valence-electron chi connectivity index (χ0n) is 9.49. The van der Waals surface area contributed by atoms with Gasteiger partial charge in [-0.15, -0.1) is 5.10 Å². The van der Waals surface area contributed by atoms with Crippen molar-refractivity contribution in [3.8, 4) is 0 Å². The van der Waals surface area contributed by atoms with E-state index >= 15 is 0 Å². The molecule has 0 radical (unpaired) electrons. The van der Waals surface area contributed by atoms with Gasteiger partial charge in [0, 0.05) is 18.0 Å². The lowest BCUT2D eigenvalue weighted by Gasteiger charge is -1.96. The molecule has 18 heavy (non-hydrogen) atoms. The zero-order chi connectivity index (χ0) is 12.8. The molecule has 0 atom stereocenters. The standard InChI is InChI=1S/C13H11FN4/c14-12-3-1-2-10(8-12)9-17-18-13(15)11-4-6-16-7-5-11/h1-9H,(H2,15,18)/b17-9+. The lowest BCUT2D eigenvalue weighted by Crippen LogP contribution is -2.12. The molecule has 90 valence electrons. The van der Waals surface area contributed by atoms with Crippen LogP contribution in [0.4, 0.5) is 4.39 Å². The molecule has 0 aliphatic heterocycles. The van der Waals surface area contributed by atoms with Crippen molar-refractivity contribution in [2.24, 2.45) is 15.9 Å². The summed E-state index contributed by atoms with van der Waals surface area (Å²) < 4.78 is 12.9. The van der Waals surface area contributed by atoms with Crippen molar-refractivity contribution in [3.63, 3.8) is 0 Å². The Kier molecular flexibility index (Phi) is 3.76. The third kappa shape index (κ3) is 3.21. The Morgan fingerprint density at radius 1 is 1.22 bits per heavy atom. The molecule has 2 aromatic rings. The molecule has 1 aromatic carbocycles. The second kappa shape index (κ2) is 5.67. The molecule has 0 unspecified atom stereocenters. The van der Waals surface area contributed by atoms with Crippen LogP contribution in [0.5, 0.6) is 0 Å². The van der Waals surface area contributed by atoms with Gasteiger partial charge in [0.15, 0.2) is 5.84 Å². The van der Waals surface area contributed by atoms with Crippen LogP contribution in [0, 0.1) is 5.82 Å². The first-order chi connectivity index (χ1) is 8.75. The minimum absolute atomic E-state index is 0.282. The fraction of sp³-hybridized carbons (Fsp3) is 0. The molecule has 5 heteroatoms. The predicted octanol–water partition coefficient (Wildman–Crippen LogP) is 1.96. The van der Waals surface area contributed by atoms with E-state index < -0.39 is 0 Å². The van der Waals surface area contributed by atoms with Gasteiger partial charge in [-0.05, 0) is 29.8 Å². The highest BCUT2D eigenvalue weighted by Gasteiger charge is 1.95. The number of aromatic nitrogens is 1. The van der Waals surface area contributed by atoms with E-state index in [0.29, 0.717) is 5.56 Å². The highest BCUT2D eigenvalue weighted by molar-refractivity contribution is 5.97. The molecular formula is C13H11FN4. The van der Waals surface area contributed by atoms with Crippen LogP contribution in [0.3, 0.4) is 0 Å².